The highest BCUT2D eigenvalue weighted by Gasteiger charge is 2.10. The fourth-order valence-corrected chi connectivity index (χ4v) is 2.67. The van der Waals surface area contributed by atoms with Gasteiger partial charge in [-0.2, -0.15) is 0 Å². The second-order valence-electron chi connectivity index (χ2n) is 5.30. The molecule has 3 heteroatoms. The lowest BCUT2D eigenvalue weighted by atomic mass is 10.1. The molecule has 0 amide bonds. The first kappa shape index (κ1) is 14.5. The zero-order chi connectivity index (χ0) is 15.5. The normalized spacial score (nSPS) is 10.9. The Balaban J connectivity index is 2.02. The van der Waals surface area contributed by atoms with E-state index in [1.54, 1.807) is 14.2 Å². The van der Waals surface area contributed by atoms with Crippen LogP contribution in [0.4, 0.5) is 0 Å². The predicted octanol–water partition coefficient (Wildman–Crippen LogP) is 5.07. The molecule has 0 N–H and O–H groups in total. The van der Waals surface area contributed by atoms with Crippen LogP contribution in [0.25, 0.3) is 22.3 Å². The Bertz CT molecular complexity index is 786. The molecule has 22 heavy (non-hydrogen) atoms. The lowest BCUT2D eigenvalue weighted by Gasteiger charge is -2.08. The first-order valence-corrected chi connectivity index (χ1v) is 7.50. The SMILES string of the molecule is CCCc1ccc2oc(-c3ccc(OC)c(OC)c3)cc2c1. The van der Waals surface area contributed by atoms with Crippen LogP contribution in [-0.4, -0.2) is 14.2 Å². The topological polar surface area (TPSA) is 31.6 Å². The van der Waals surface area contributed by atoms with Gasteiger partial charge in [0.2, 0.25) is 0 Å². The van der Waals surface area contributed by atoms with Crippen LogP contribution >= 0.6 is 0 Å². The van der Waals surface area contributed by atoms with E-state index >= 15 is 0 Å². The van der Waals surface area contributed by atoms with Crippen molar-refractivity contribution in [1.29, 1.82) is 0 Å². The Morgan fingerprint density at radius 2 is 1.73 bits per heavy atom. The van der Waals surface area contributed by atoms with Gasteiger partial charge in [0.25, 0.3) is 0 Å². The number of ether oxygens (including phenoxy) is 2. The number of furan rings is 1. The number of fused-ring (bicyclic) bond motifs is 1. The van der Waals surface area contributed by atoms with Gasteiger partial charge in [0.05, 0.1) is 14.2 Å². The maximum absolute atomic E-state index is 5.96. The average Bonchev–Trinajstić information content (AvgIpc) is 2.97. The van der Waals surface area contributed by atoms with Crippen molar-refractivity contribution in [2.45, 2.75) is 19.8 Å². The molecule has 3 rings (SSSR count). The lowest BCUT2D eigenvalue weighted by molar-refractivity contribution is 0.355. The van der Waals surface area contributed by atoms with Crippen LogP contribution in [0.2, 0.25) is 0 Å². The third kappa shape index (κ3) is 2.67. The number of hydrogen-bond acceptors (Lipinski definition) is 3. The molecule has 3 nitrogen and oxygen atoms in total. The molecule has 0 aliphatic carbocycles. The van der Waals surface area contributed by atoms with Gasteiger partial charge in [-0.05, 0) is 48.4 Å². The lowest BCUT2D eigenvalue weighted by Crippen LogP contribution is -1.90. The summed E-state index contributed by atoms with van der Waals surface area (Å²) in [5.74, 6) is 2.25. The summed E-state index contributed by atoms with van der Waals surface area (Å²) in [6.07, 6.45) is 2.23. The number of hydrogen-bond donors (Lipinski definition) is 0. The van der Waals surface area contributed by atoms with Crippen LogP contribution < -0.4 is 9.47 Å². The van der Waals surface area contributed by atoms with Crippen LogP contribution in [0.15, 0.2) is 46.9 Å². The second-order valence-corrected chi connectivity index (χ2v) is 5.30. The van der Waals surface area contributed by atoms with Crippen LogP contribution in [0, 0.1) is 0 Å². The molecule has 0 saturated carbocycles. The standard InChI is InChI=1S/C19H20O3/c1-4-5-13-6-8-16-15(10-13)12-18(22-16)14-7-9-17(20-2)19(11-14)21-3/h6-12H,4-5H2,1-3H3. The molecule has 114 valence electrons. The molecular weight excluding hydrogens is 276 g/mol. The quantitative estimate of drug-likeness (QED) is 0.658. The van der Waals surface area contributed by atoms with Gasteiger partial charge in [0.15, 0.2) is 11.5 Å². The van der Waals surface area contributed by atoms with Crippen molar-refractivity contribution in [3.63, 3.8) is 0 Å². The van der Waals surface area contributed by atoms with Gasteiger partial charge in [-0.25, -0.2) is 0 Å². The molecule has 0 fully saturated rings. The van der Waals surface area contributed by atoms with Gasteiger partial charge >= 0.3 is 0 Å². The van der Waals surface area contributed by atoms with Crippen molar-refractivity contribution in [3.8, 4) is 22.8 Å². The molecule has 0 spiro atoms. The Morgan fingerprint density at radius 3 is 2.45 bits per heavy atom. The van der Waals surface area contributed by atoms with Crippen molar-refractivity contribution in [3.05, 3.63) is 48.0 Å². The van der Waals surface area contributed by atoms with E-state index in [0.29, 0.717) is 11.5 Å². The zero-order valence-electron chi connectivity index (χ0n) is 13.2. The third-order valence-electron chi connectivity index (χ3n) is 3.79. The summed E-state index contributed by atoms with van der Waals surface area (Å²) in [4.78, 5) is 0. The van der Waals surface area contributed by atoms with E-state index < -0.39 is 0 Å². The number of aryl methyl sites for hydroxylation is 1. The van der Waals surface area contributed by atoms with E-state index in [1.165, 1.54) is 5.56 Å². The molecule has 0 aliphatic rings. The Hall–Kier alpha value is -2.42. The third-order valence-corrected chi connectivity index (χ3v) is 3.79. The molecule has 0 unspecified atom stereocenters. The van der Waals surface area contributed by atoms with Gasteiger partial charge in [-0.15, -0.1) is 0 Å². The van der Waals surface area contributed by atoms with E-state index in [4.69, 9.17) is 13.9 Å². The summed E-state index contributed by atoms with van der Waals surface area (Å²) in [5, 5.41) is 1.13. The maximum Gasteiger partial charge on any atom is 0.161 e. The molecule has 0 atom stereocenters. The molecule has 0 aliphatic heterocycles. The molecule has 1 aromatic heterocycles. The summed E-state index contributed by atoms with van der Waals surface area (Å²) < 4.78 is 16.6. The van der Waals surface area contributed by atoms with Gasteiger partial charge < -0.3 is 13.9 Å². The molecule has 2 aromatic carbocycles. The summed E-state index contributed by atoms with van der Waals surface area (Å²) in [6.45, 7) is 2.19. The largest absolute Gasteiger partial charge is 0.493 e. The minimum absolute atomic E-state index is 0.701. The van der Waals surface area contributed by atoms with Crippen molar-refractivity contribution in [2.75, 3.05) is 14.2 Å². The molecule has 0 saturated heterocycles. The highest BCUT2D eigenvalue weighted by molar-refractivity contribution is 5.83. The second kappa shape index (κ2) is 6.14. The summed E-state index contributed by atoms with van der Waals surface area (Å²) in [6, 6.07) is 14.3. The van der Waals surface area contributed by atoms with E-state index in [-0.39, 0.29) is 0 Å². The zero-order valence-corrected chi connectivity index (χ0v) is 13.2. The minimum Gasteiger partial charge on any atom is -0.493 e. The molecule has 3 aromatic rings. The Labute approximate surface area is 130 Å². The Morgan fingerprint density at radius 1 is 0.909 bits per heavy atom. The van der Waals surface area contributed by atoms with E-state index in [1.807, 2.05) is 24.3 Å². The Kier molecular flexibility index (Phi) is 4.05. The van der Waals surface area contributed by atoms with Crippen molar-refractivity contribution in [2.24, 2.45) is 0 Å². The van der Waals surface area contributed by atoms with Crippen molar-refractivity contribution in [1.82, 2.24) is 0 Å². The summed E-state index contributed by atoms with van der Waals surface area (Å²) >= 11 is 0. The molecule has 1 heterocycles. The van der Waals surface area contributed by atoms with Gasteiger partial charge in [0.1, 0.15) is 11.3 Å². The van der Waals surface area contributed by atoms with Gasteiger partial charge in [-0.1, -0.05) is 19.4 Å². The smallest absolute Gasteiger partial charge is 0.161 e. The van der Waals surface area contributed by atoms with Gasteiger partial charge in [0, 0.05) is 10.9 Å². The average molecular weight is 296 g/mol. The monoisotopic (exact) mass is 296 g/mol. The van der Waals surface area contributed by atoms with E-state index in [9.17, 15) is 0 Å². The number of rotatable bonds is 5. The van der Waals surface area contributed by atoms with Crippen molar-refractivity contribution >= 4 is 11.0 Å². The van der Waals surface area contributed by atoms with Crippen LogP contribution in [0.5, 0.6) is 11.5 Å². The highest BCUT2D eigenvalue weighted by Crippen LogP contribution is 2.35. The summed E-state index contributed by atoms with van der Waals surface area (Å²) in [5.41, 5.74) is 3.23. The highest BCUT2D eigenvalue weighted by atomic mass is 16.5. The predicted molar refractivity (Wildman–Crippen MR) is 88.7 cm³/mol. The van der Waals surface area contributed by atoms with Crippen LogP contribution in [0.3, 0.4) is 0 Å². The fourth-order valence-electron chi connectivity index (χ4n) is 2.67. The first-order valence-electron chi connectivity index (χ1n) is 7.50. The maximum atomic E-state index is 5.96. The van der Waals surface area contributed by atoms with Crippen LogP contribution in [-0.2, 0) is 6.42 Å². The fraction of sp³-hybridized carbons (Fsp3) is 0.263. The minimum atomic E-state index is 0.701. The van der Waals surface area contributed by atoms with E-state index in [0.717, 1.165) is 35.1 Å². The molecule has 0 bridgehead atoms. The first-order chi connectivity index (χ1) is 10.7. The number of methoxy groups -OCH3 is 2. The van der Waals surface area contributed by atoms with E-state index in [2.05, 4.69) is 25.1 Å². The summed E-state index contributed by atoms with van der Waals surface area (Å²) in [7, 11) is 3.27. The molecular formula is C19H20O3. The molecule has 0 radical (unpaired) electrons. The van der Waals surface area contributed by atoms with Gasteiger partial charge in [-0.3, -0.25) is 0 Å². The van der Waals surface area contributed by atoms with Crippen molar-refractivity contribution < 1.29 is 13.9 Å². The van der Waals surface area contributed by atoms with Crippen LogP contribution in [0.1, 0.15) is 18.9 Å². The number of benzene rings is 2.